The van der Waals surface area contributed by atoms with Crippen molar-refractivity contribution in [2.24, 2.45) is 5.92 Å². The molecule has 2 N–H and O–H groups in total. The monoisotopic (exact) mass is 231 g/mol. The number of methoxy groups -OCH3 is 1. The summed E-state index contributed by atoms with van der Waals surface area (Å²) in [5, 5.41) is 12.1. The molecule has 96 valence electrons. The first-order chi connectivity index (χ1) is 7.28. The van der Waals surface area contributed by atoms with Crippen LogP contribution in [0.5, 0.6) is 0 Å². The number of hydrogen-bond donors (Lipinski definition) is 2. The van der Waals surface area contributed by atoms with Gasteiger partial charge in [0.25, 0.3) is 0 Å². The number of aliphatic carboxylic acids is 1. The van der Waals surface area contributed by atoms with Crippen molar-refractivity contribution in [1.82, 2.24) is 5.32 Å². The van der Waals surface area contributed by atoms with E-state index < -0.39 is 12.0 Å². The first-order valence-corrected chi connectivity index (χ1v) is 5.80. The largest absolute Gasteiger partial charge is 0.480 e. The number of carbonyl (C=O) groups is 1. The Hall–Kier alpha value is -0.610. The van der Waals surface area contributed by atoms with Crippen LogP contribution >= 0.6 is 0 Å². The van der Waals surface area contributed by atoms with E-state index in [2.05, 4.69) is 5.32 Å². The van der Waals surface area contributed by atoms with Crippen LogP contribution in [-0.4, -0.2) is 36.4 Å². The van der Waals surface area contributed by atoms with Crippen molar-refractivity contribution in [3.8, 4) is 0 Å². The van der Waals surface area contributed by atoms with Crippen LogP contribution < -0.4 is 5.32 Å². The summed E-state index contributed by atoms with van der Waals surface area (Å²) in [7, 11) is 1.67. The van der Waals surface area contributed by atoms with Gasteiger partial charge in [0.05, 0.1) is 5.60 Å². The van der Waals surface area contributed by atoms with Crippen molar-refractivity contribution in [2.45, 2.75) is 52.2 Å². The second-order valence-electron chi connectivity index (χ2n) is 5.19. The fourth-order valence-electron chi connectivity index (χ4n) is 1.39. The van der Waals surface area contributed by atoms with E-state index in [-0.39, 0.29) is 5.60 Å². The molecular formula is C12H25NO3. The molecule has 0 aliphatic carbocycles. The molecule has 0 saturated carbocycles. The maximum Gasteiger partial charge on any atom is 0.320 e. The van der Waals surface area contributed by atoms with Crippen LogP contribution in [0.3, 0.4) is 0 Å². The van der Waals surface area contributed by atoms with Gasteiger partial charge >= 0.3 is 5.97 Å². The summed E-state index contributed by atoms with van der Waals surface area (Å²) < 4.78 is 5.27. The zero-order valence-electron chi connectivity index (χ0n) is 11.0. The number of carboxylic acid groups (broad SMARTS) is 1. The average Bonchev–Trinajstić information content (AvgIpc) is 2.15. The number of hydrogen-bond acceptors (Lipinski definition) is 3. The smallest absolute Gasteiger partial charge is 0.320 e. The van der Waals surface area contributed by atoms with Crippen molar-refractivity contribution < 1.29 is 14.6 Å². The SMILES string of the molecule is COC(C)(C)CCNC(CC(C)C)C(=O)O. The number of rotatable bonds is 8. The molecule has 0 spiro atoms. The number of nitrogens with one attached hydrogen (secondary N) is 1. The molecule has 1 unspecified atom stereocenters. The van der Waals surface area contributed by atoms with Gasteiger partial charge in [0.1, 0.15) is 6.04 Å². The van der Waals surface area contributed by atoms with Crippen molar-refractivity contribution in [3.05, 3.63) is 0 Å². The molecule has 0 fully saturated rings. The summed E-state index contributed by atoms with van der Waals surface area (Å²) >= 11 is 0. The van der Waals surface area contributed by atoms with Crippen molar-refractivity contribution in [1.29, 1.82) is 0 Å². The minimum Gasteiger partial charge on any atom is -0.480 e. The lowest BCUT2D eigenvalue weighted by molar-refractivity contribution is -0.140. The molecule has 0 radical (unpaired) electrons. The fraction of sp³-hybridized carbons (Fsp3) is 0.917. The quantitative estimate of drug-likeness (QED) is 0.670. The summed E-state index contributed by atoms with van der Waals surface area (Å²) in [6.45, 7) is 8.69. The second-order valence-corrected chi connectivity index (χ2v) is 5.19. The van der Waals surface area contributed by atoms with Crippen molar-refractivity contribution in [2.75, 3.05) is 13.7 Å². The standard InChI is InChI=1S/C12H25NO3/c1-9(2)8-10(11(14)15)13-7-6-12(3,4)16-5/h9-10,13H,6-8H2,1-5H3,(H,14,15). The Bertz CT molecular complexity index is 214. The zero-order chi connectivity index (χ0) is 12.8. The second kappa shape index (κ2) is 6.86. The summed E-state index contributed by atoms with van der Waals surface area (Å²) in [6, 6.07) is -0.451. The highest BCUT2D eigenvalue weighted by Gasteiger charge is 2.20. The third-order valence-electron chi connectivity index (χ3n) is 2.68. The number of ether oxygens (including phenoxy) is 1. The van der Waals surface area contributed by atoms with Crippen LogP contribution in [0.15, 0.2) is 0 Å². The van der Waals surface area contributed by atoms with E-state index in [1.54, 1.807) is 7.11 Å². The summed E-state index contributed by atoms with van der Waals surface area (Å²) in [4.78, 5) is 11.0. The van der Waals surface area contributed by atoms with Crippen molar-refractivity contribution >= 4 is 5.97 Å². The molecule has 0 bridgehead atoms. The minimum absolute atomic E-state index is 0.201. The fourth-order valence-corrected chi connectivity index (χ4v) is 1.39. The predicted molar refractivity (Wildman–Crippen MR) is 64.6 cm³/mol. The predicted octanol–water partition coefficient (Wildman–Crippen LogP) is 1.89. The Balaban J connectivity index is 3.99. The van der Waals surface area contributed by atoms with Gasteiger partial charge in [0.2, 0.25) is 0 Å². The van der Waals surface area contributed by atoms with Crippen LogP contribution in [0.2, 0.25) is 0 Å². The third-order valence-corrected chi connectivity index (χ3v) is 2.68. The first-order valence-electron chi connectivity index (χ1n) is 5.80. The van der Waals surface area contributed by atoms with E-state index in [1.165, 1.54) is 0 Å². The molecular weight excluding hydrogens is 206 g/mol. The normalized spacial score (nSPS) is 14.1. The first kappa shape index (κ1) is 15.4. The van der Waals surface area contributed by atoms with Crippen LogP contribution in [0.4, 0.5) is 0 Å². The van der Waals surface area contributed by atoms with Gasteiger partial charge in [-0.3, -0.25) is 4.79 Å². The molecule has 4 heteroatoms. The average molecular weight is 231 g/mol. The van der Waals surface area contributed by atoms with Crippen LogP contribution in [-0.2, 0) is 9.53 Å². The highest BCUT2D eigenvalue weighted by atomic mass is 16.5. The Labute approximate surface area is 98.4 Å². The van der Waals surface area contributed by atoms with Gasteiger partial charge in [-0.05, 0) is 39.2 Å². The molecule has 0 aromatic carbocycles. The zero-order valence-corrected chi connectivity index (χ0v) is 11.0. The molecule has 16 heavy (non-hydrogen) atoms. The molecule has 0 aliphatic rings. The molecule has 1 atom stereocenters. The van der Waals surface area contributed by atoms with Gasteiger partial charge in [-0.2, -0.15) is 0 Å². The topological polar surface area (TPSA) is 58.6 Å². The molecule has 0 heterocycles. The lowest BCUT2D eigenvalue weighted by atomic mass is 10.0. The molecule has 0 rings (SSSR count). The van der Waals surface area contributed by atoms with Gasteiger partial charge < -0.3 is 15.2 Å². The number of carboxylic acids is 1. The molecule has 0 saturated heterocycles. The van der Waals surface area contributed by atoms with Crippen LogP contribution in [0.25, 0.3) is 0 Å². The van der Waals surface area contributed by atoms with E-state index in [0.29, 0.717) is 18.9 Å². The Morgan fingerprint density at radius 2 is 2.00 bits per heavy atom. The Morgan fingerprint density at radius 3 is 2.38 bits per heavy atom. The Kier molecular flexibility index (Phi) is 6.60. The maximum absolute atomic E-state index is 11.0. The lowest BCUT2D eigenvalue weighted by Gasteiger charge is -2.24. The summed E-state index contributed by atoms with van der Waals surface area (Å²) in [6.07, 6.45) is 1.45. The van der Waals surface area contributed by atoms with E-state index in [1.807, 2.05) is 27.7 Å². The molecule has 0 aromatic heterocycles. The highest BCUT2D eigenvalue weighted by Crippen LogP contribution is 2.12. The van der Waals surface area contributed by atoms with Gasteiger partial charge in [0, 0.05) is 7.11 Å². The van der Waals surface area contributed by atoms with Gasteiger partial charge in [0.15, 0.2) is 0 Å². The Morgan fingerprint density at radius 1 is 1.44 bits per heavy atom. The third kappa shape index (κ3) is 6.80. The highest BCUT2D eigenvalue weighted by molar-refractivity contribution is 5.73. The van der Waals surface area contributed by atoms with Gasteiger partial charge in [-0.15, -0.1) is 0 Å². The molecule has 0 amide bonds. The molecule has 4 nitrogen and oxygen atoms in total. The lowest BCUT2D eigenvalue weighted by Crippen LogP contribution is -2.40. The van der Waals surface area contributed by atoms with Crippen LogP contribution in [0, 0.1) is 5.92 Å². The van der Waals surface area contributed by atoms with Gasteiger partial charge in [-0.25, -0.2) is 0 Å². The van der Waals surface area contributed by atoms with E-state index >= 15 is 0 Å². The van der Waals surface area contributed by atoms with Crippen LogP contribution in [0.1, 0.15) is 40.5 Å². The summed E-state index contributed by atoms with van der Waals surface area (Å²) in [5.74, 6) is -0.395. The van der Waals surface area contributed by atoms with E-state index in [9.17, 15) is 4.79 Å². The minimum atomic E-state index is -0.774. The van der Waals surface area contributed by atoms with Crippen molar-refractivity contribution in [3.63, 3.8) is 0 Å². The summed E-state index contributed by atoms with van der Waals surface area (Å²) in [5.41, 5.74) is -0.201. The van der Waals surface area contributed by atoms with E-state index in [4.69, 9.17) is 9.84 Å². The molecule has 0 aliphatic heterocycles. The van der Waals surface area contributed by atoms with E-state index in [0.717, 1.165) is 6.42 Å². The van der Waals surface area contributed by atoms with Gasteiger partial charge in [-0.1, -0.05) is 13.8 Å². The maximum atomic E-state index is 11.0. The molecule has 0 aromatic rings.